The number of hydrogen-bond donors (Lipinski definition) is 1. The van der Waals surface area contributed by atoms with E-state index < -0.39 is 6.17 Å². The van der Waals surface area contributed by atoms with E-state index in [-0.39, 0.29) is 0 Å². The molecule has 3 aliphatic heterocycles. The molecule has 1 N–H and O–H groups in total. The molecule has 0 aromatic carbocycles. The first-order valence-electron chi connectivity index (χ1n) is 11.9. The highest BCUT2D eigenvalue weighted by Crippen LogP contribution is 2.33. The maximum absolute atomic E-state index is 13.5. The van der Waals surface area contributed by atoms with E-state index in [1.54, 1.807) is 11.3 Å². The van der Waals surface area contributed by atoms with Crippen molar-refractivity contribution in [2.24, 2.45) is 0 Å². The van der Waals surface area contributed by atoms with Crippen LogP contribution in [0.1, 0.15) is 25.7 Å². The first kappa shape index (κ1) is 21.2. The smallest absolute Gasteiger partial charge is 0.130 e. The molecule has 0 saturated carbocycles. The Kier molecular flexibility index (Phi) is 5.85. The van der Waals surface area contributed by atoms with Gasteiger partial charge in [0.2, 0.25) is 0 Å². The molecule has 7 nitrogen and oxygen atoms in total. The monoisotopic (exact) mass is 468 g/mol. The largest absolute Gasteiger partial charge is 0.380 e. The number of alkyl halides is 1. The summed E-state index contributed by atoms with van der Waals surface area (Å²) in [6, 6.07) is 7.26. The third-order valence-corrected chi connectivity index (χ3v) is 8.00. The summed E-state index contributed by atoms with van der Waals surface area (Å²) in [5.41, 5.74) is 1.90. The lowest BCUT2D eigenvalue weighted by molar-refractivity contribution is 0.186. The summed E-state index contributed by atoms with van der Waals surface area (Å²) in [5, 5.41) is 4.70. The van der Waals surface area contributed by atoms with Crippen LogP contribution in [0.15, 0.2) is 30.6 Å². The number of piperidine rings is 1. The van der Waals surface area contributed by atoms with Gasteiger partial charge in [0.25, 0.3) is 0 Å². The molecule has 33 heavy (non-hydrogen) atoms. The molecule has 174 valence electrons. The van der Waals surface area contributed by atoms with Crippen LogP contribution in [-0.4, -0.2) is 72.6 Å². The summed E-state index contributed by atoms with van der Waals surface area (Å²) in [5.74, 6) is 1.87. The van der Waals surface area contributed by atoms with Crippen LogP contribution in [0.3, 0.4) is 0 Å². The Bertz CT molecular complexity index is 1090. The molecule has 0 unspecified atom stereocenters. The molecule has 0 amide bonds. The Morgan fingerprint density at radius 1 is 0.970 bits per heavy atom. The summed E-state index contributed by atoms with van der Waals surface area (Å²) in [6.07, 6.45) is 6.95. The zero-order valence-electron chi connectivity index (χ0n) is 18.6. The number of aromatic nitrogens is 3. The van der Waals surface area contributed by atoms with Crippen molar-refractivity contribution in [3.63, 3.8) is 0 Å². The van der Waals surface area contributed by atoms with Gasteiger partial charge in [-0.05, 0) is 37.8 Å². The van der Waals surface area contributed by atoms with Gasteiger partial charge in [-0.15, -0.1) is 11.3 Å². The molecule has 3 saturated heterocycles. The van der Waals surface area contributed by atoms with Crippen LogP contribution in [0.5, 0.6) is 0 Å². The van der Waals surface area contributed by atoms with Gasteiger partial charge in [-0.3, -0.25) is 0 Å². The number of anilines is 2. The lowest BCUT2D eigenvalue weighted by Gasteiger charge is -2.34. The first-order valence-corrected chi connectivity index (χ1v) is 12.7. The fourth-order valence-electron chi connectivity index (χ4n) is 5.02. The van der Waals surface area contributed by atoms with E-state index in [4.69, 9.17) is 14.7 Å². The lowest BCUT2D eigenvalue weighted by Crippen LogP contribution is -2.46. The number of rotatable bonds is 5. The van der Waals surface area contributed by atoms with Gasteiger partial charge in [0, 0.05) is 56.2 Å². The van der Waals surface area contributed by atoms with E-state index >= 15 is 0 Å². The molecule has 3 aliphatic rings. The van der Waals surface area contributed by atoms with E-state index in [0.717, 1.165) is 84.5 Å². The third-order valence-electron chi connectivity index (χ3n) is 6.93. The summed E-state index contributed by atoms with van der Waals surface area (Å²) < 4.78 is 20.1. The highest BCUT2D eigenvalue weighted by Gasteiger charge is 2.25. The number of ether oxygens (including phenoxy) is 1. The SMILES string of the molecule is F[C@@H]1CCN(c2ccc(-c3nc4cnc(N5CCC(N[C@@H]6CCOC6)CC5)cc4s3)cn2)C1. The van der Waals surface area contributed by atoms with Gasteiger partial charge in [0.15, 0.2) is 0 Å². The summed E-state index contributed by atoms with van der Waals surface area (Å²) in [6.45, 7) is 4.92. The normalized spacial score (nSPS) is 24.3. The van der Waals surface area contributed by atoms with Crippen LogP contribution < -0.4 is 15.1 Å². The Hall–Kier alpha value is -2.36. The van der Waals surface area contributed by atoms with Gasteiger partial charge in [-0.25, -0.2) is 19.3 Å². The predicted octanol–water partition coefficient (Wildman–Crippen LogP) is 3.65. The second-order valence-electron chi connectivity index (χ2n) is 9.25. The van der Waals surface area contributed by atoms with Crippen LogP contribution in [0, 0.1) is 0 Å². The Morgan fingerprint density at radius 2 is 1.82 bits per heavy atom. The summed E-state index contributed by atoms with van der Waals surface area (Å²) in [4.78, 5) is 18.4. The van der Waals surface area contributed by atoms with Crippen molar-refractivity contribution in [3.8, 4) is 10.6 Å². The van der Waals surface area contributed by atoms with Crippen molar-refractivity contribution in [2.75, 3.05) is 49.2 Å². The molecular formula is C24H29FN6OS. The molecule has 6 rings (SSSR count). The minimum Gasteiger partial charge on any atom is -0.380 e. The van der Waals surface area contributed by atoms with Crippen molar-refractivity contribution in [2.45, 2.75) is 43.9 Å². The molecule has 0 radical (unpaired) electrons. The second kappa shape index (κ2) is 9.12. The van der Waals surface area contributed by atoms with Crippen molar-refractivity contribution in [1.82, 2.24) is 20.3 Å². The molecule has 3 aromatic rings. The van der Waals surface area contributed by atoms with Crippen LogP contribution in [0.2, 0.25) is 0 Å². The van der Waals surface area contributed by atoms with Gasteiger partial charge >= 0.3 is 0 Å². The average molecular weight is 469 g/mol. The van der Waals surface area contributed by atoms with Crippen LogP contribution >= 0.6 is 11.3 Å². The van der Waals surface area contributed by atoms with Crippen molar-refractivity contribution in [3.05, 3.63) is 30.6 Å². The van der Waals surface area contributed by atoms with Gasteiger partial charge in [-0.2, -0.15) is 0 Å². The lowest BCUT2D eigenvalue weighted by atomic mass is 10.0. The number of nitrogens with one attached hydrogen (secondary N) is 1. The van der Waals surface area contributed by atoms with Gasteiger partial charge < -0.3 is 19.9 Å². The summed E-state index contributed by atoms with van der Waals surface area (Å²) in [7, 11) is 0. The molecule has 9 heteroatoms. The number of fused-ring (bicyclic) bond motifs is 1. The minimum absolute atomic E-state index is 0.435. The number of nitrogens with zero attached hydrogens (tertiary/aromatic N) is 5. The molecule has 3 fully saturated rings. The van der Waals surface area contributed by atoms with Crippen LogP contribution in [0.4, 0.5) is 16.0 Å². The van der Waals surface area contributed by atoms with E-state index in [1.807, 2.05) is 29.4 Å². The molecular weight excluding hydrogens is 439 g/mol. The first-order chi connectivity index (χ1) is 16.2. The number of hydrogen-bond acceptors (Lipinski definition) is 8. The molecule has 0 aliphatic carbocycles. The van der Waals surface area contributed by atoms with E-state index in [2.05, 4.69) is 21.3 Å². The fraction of sp³-hybridized carbons (Fsp3) is 0.542. The second-order valence-corrected chi connectivity index (χ2v) is 10.3. The Labute approximate surface area is 197 Å². The minimum atomic E-state index is -0.749. The molecule has 3 aromatic heterocycles. The highest BCUT2D eigenvalue weighted by atomic mass is 32.1. The Balaban J connectivity index is 1.12. The molecule has 2 atom stereocenters. The van der Waals surface area contributed by atoms with Crippen LogP contribution in [-0.2, 0) is 4.74 Å². The summed E-state index contributed by atoms with van der Waals surface area (Å²) >= 11 is 1.67. The molecule has 6 heterocycles. The predicted molar refractivity (Wildman–Crippen MR) is 130 cm³/mol. The van der Waals surface area contributed by atoms with E-state index in [0.29, 0.717) is 25.0 Å². The fourth-order valence-corrected chi connectivity index (χ4v) is 5.98. The molecule has 0 spiro atoms. The number of thiazole rings is 1. The van der Waals surface area contributed by atoms with Gasteiger partial charge in [0.1, 0.15) is 28.3 Å². The maximum atomic E-state index is 13.5. The highest BCUT2D eigenvalue weighted by molar-refractivity contribution is 7.21. The third kappa shape index (κ3) is 4.54. The zero-order valence-corrected chi connectivity index (χ0v) is 19.4. The zero-order chi connectivity index (χ0) is 22.2. The van der Waals surface area contributed by atoms with Crippen molar-refractivity contribution >= 4 is 33.2 Å². The van der Waals surface area contributed by atoms with E-state index in [9.17, 15) is 4.39 Å². The quantitative estimate of drug-likeness (QED) is 0.613. The Morgan fingerprint density at radius 3 is 2.55 bits per heavy atom. The van der Waals surface area contributed by atoms with Gasteiger partial charge in [0.05, 0.1) is 24.0 Å². The molecule has 0 bridgehead atoms. The van der Waals surface area contributed by atoms with Crippen molar-refractivity contribution in [1.29, 1.82) is 0 Å². The average Bonchev–Trinajstić information content (AvgIpc) is 3.60. The van der Waals surface area contributed by atoms with E-state index in [1.165, 1.54) is 0 Å². The maximum Gasteiger partial charge on any atom is 0.130 e. The van der Waals surface area contributed by atoms with Gasteiger partial charge in [-0.1, -0.05) is 0 Å². The number of pyridine rings is 2. The van der Waals surface area contributed by atoms with Crippen molar-refractivity contribution < 1.29 is 9.13 Å². The van der Waals surface area contributed by atoms with Crippen LogP contribution in [0.25, 0.3) is 20.8 Å². The topological polar surface area (TPSA) is 66.4 Å². The standard InChI is InChI=1S/C24H29FN6OS/c25-17-3-7-31(14-17)22-2-1-16(12-26-22)24-29-20-13-27-23(11-21(20)33-24)30-8-4-18(5-9-30)28-19-6-10-32-15-19/h1-2,11-13,17-19,28H,3-10,14-15H2/t17-,19-/m1/s1. The number of halogens is 1.